The van der Waals surface area contributed by atoms with E-state index in [0.29, 0.717) is 18.0 Å². The molecule has 1 aromatic carbocycles. The van der Waals surface area contributed by atoms with Gasteiger partial charge in [-0.3, -0.25) is 4.79 Å². The van der Waals surface area contributed by atoms with Crippen LogP contribution in [0.25, 0.3) is 0 Å². The summed E-state index contributed by atoms with van der Waals surface area (Å²) in [7, 11) is -1.81. The zero-order chi connectivity index (χ0) is 15.9. The minimum atomic E-state index is -3.44. The summed E-state index contributed by atoms with van der Waals surface area (Å²) in [6.45, 7) is 2.18. The Bertz CT molecular complexity index is 559. The molecule has 0 saturated heterocycles. The number of sulfonamides is 1. The van der Waals surface area contributed by atoms with Gasteiger partial charge in [0.25, 0.3) is 0 Å². The second-order valence-electron chi connectivity index (χ2n) is 4.47. The van der Waals surface area contributed by atoms with Gasteiger partial charge in [-0.15, -0.1) is 11.8 Å². The summed E-state index contributed by atoms with van der Waals surface area (Å²) in [5, 5.41) is 0. The van der Waals surface area contributed by atoms with Crippen LogP contribution in [-0.4, -0.2) is 50.9 Å². The molecule has 0 saturated carbocycles. The van der Waals surface area contributed by atoms with E-state index >= 15 is 0 Å². The number of hydrogen-bond acceptors (Lipinski definition) is 5. The number of benzene rings is 1. The molecule has 0 aliphatic carbocycles. The minimum Gasteiger partial charge on any atom is -0.399 e. The normalized spacial score (nSPS) is 11.3. The van der Waals surface area contributed by atoms with Gasteiger partial charge in [0.05, 0.1) is 12.3 Å². The average molecular weight is 331 g/mol. The van der Waals surface area contributed by atoms with E-state index in [2.05, 4.69) is 4.72 Å². The molecule has 1 amide bonds. The van der Waals surface area contributed by atoms with Gasteiger partial charge >= 0.3 is 0 Å². The van der Waals surface area contributed by atoms with E-state index in [1.165, 1.54) is 16.7 Å². The number of hydrogen-bond donors (Lipinski definition) is 2. The molecule has 0 aliphatic heterocycles. The van der Waals surface area contributed by atoms with Gasteiger partial charge < -0.3 is 10.6 Å². The van der Waals surface area contributed by atoms with Crippen LogP contribution < -0.4 is 10.5 Å². The van der Waals surface area contributed by atoms with Gasteiger partial charge in [0.15, 0.2) is 0 Å². The van der Waals surface area contributed by atoms with Crippen LogP contribution >= 0.6 is 11.8 Å². The Morgan fingerprint density at radius 1 is 1.33 bits per heavy atom. The van der Waals surface area contributed by atoms with Gasteiger partial charge in [0.1, 0.15) is 0 Å². The SMILES string of the molecule is CCN(C)C(=O)CNS(=O)(=O)CCSc1ccc(N)cc1. The summed E-state index contributed by atoms with van der Waals surface area (Å²) in [5.41, 5.74) is 6.25. The first-order chi connectivity index (χ1) is 9.84. The molecule has 21 heavy (non-hydrogen) atoms. The predicted octanol–water partition coefficient (Wildman–Crippen LogP) is 0.759. The predicted molar refractivity (Wildman–Crippen MR) is 86.7 cm³/mol. The van der Waals surface area contributed by atoms with E-state index in [0.717, 1.165) is 4.90 Å². The first-order valence-electron chi connectivity index (χ1n) is 6.53. The molecule has 1 aromatic rings. The van der Waals surface area contributed by atoms with Crippen LogP contribution in [0.2, 0.25) is 0 Å². The van der Waals surface area contributed by atoms with E-state index in [4.69, 9.17) is 5.73 Å². The fourth-order valence-electron chi connectivity index (χ4n) is 1.39. The van der Waals surface area contributed by atoms with Crippen molar-refractivity contribution < 1.29 is 13.2 Å². The molecular weight excluding hydrogens is 310 g/mol. The molecule has 0 aliphatic rings. The lowest BCUT2D eigenvalue weighted by Crippen LogP contribution is -2.39. The number of thioether (sulfide) groups is 1. The van der Waals surface area contributed by atoms with Crippen molar-refractivity contribution >= 4 is 33.4 Å². The first-order valence-corrected chi connectivity index (χ1v) is 9.17. The molecule has 8 heteroatoms. The van der Waals surface area contributed by atoms with Crippen molar-refractivity contribution in [2.24, 2.45) is 0 Å². The van der Waals surface area contributed by atoms with Gasteiger partial charge in [-0.25, -0.2) is 13.1 Å². The Labute approximate surface area is 130 Å². The van der Waals surface area contributed by atoms with Gasteiger partial charge in [-0.05, 0) is 31.2 Å². The highest BCUT2D eigenvalue weighted by molar-refractivity contribution is 8.00. The van der Waals surface area contributed by atoms with E-state index in [9.17, 15) is 13.2 Å². The number of rotatable bonds is 8. The number of amides is 1. The van der Waals surface area contributed by atoms with Crippen molar-refractivity contribution in [3.63, 3.8) is 0 Å². The molecule has 0 fully saturated rings. The van der Waals surface area contributed by atoms with E-state index < -0.39 is 10.0 Å². The van der Waals surface area contributed by atoms with Crippen LogP contribution in [0.3, 0.4) is 0 Å². The fraction of sp³-hybridized carbons (Fsp3) is 0.462. The highest BCUT2D eigenvalue weighted by Gasteiger charge is 2.14. The van der Waals surface area contributed by atoms with E-state index in [1.807, 2.05) is 19.1 Å². The number of nitrogens with one attached hydrogen (secondary N) is 1. The Hall–Kier alpha value is -1.25. The molecule has 0 spiro atoms. The number of carbonyl (C=O) groups excluding carboxylic acids is 1. The molecule has 6 nitrogen and oxygen atoms in total. The Morgan fingerprint density at radius 3 is 2.52 bits per heavy atom. The minimum absolute atomic E-state index is 0.0365. The summed E-state index contributed by atoms with van der Waals surface area (Å²) in [6, 6.07) is 7.24. The molecule has 0 atom stereocenters. The van der Waals surface area contributed by atoms with Crippen molar-refractivity contribution in [1.82, 2.24) is 9.62 Å². The second-order valence-corrected chi connectivity index (χ2v) is 7.56. The highest BCUT2D eigenvalue weighted by Crippen LogP contribution is 2.19. The third-order valence-electron chi connectivity index (χ3n) is 2.84. The van der Waals surface area contributed by atoms with Crippen LogP contribution in [0.15, 0.2) is 29.2 Å². The van der Waals surface area contributed by atoms with E-state index in [-0.39, 0.29) is 18.2 Å². The largest absolute Gasteiger partial charge is 0.399 e. The Balaban J connectivity index is 2.36. The maximum absolute atomic E-state index is 11.8. The zero-order valence-corrected chi connectivity index (χ0v) is 13.8. The first kappa shape index (κ1) is 17.8. The van der Waals surface area contributed by atoms with Gasteiger partial charge in [0, 0.05) is 29.9 Å². The molecule has 118 valence electrons. The fourth-order valence-corrected chi connectivity index (χ4v) is 3.65. The lowest BCUT2D eigenvalue weighted by atomic mass is 10.3. The maximum atomic E-state index is 11.8. The lowest BCUT2D eigenvalue weighted by Gasteiger charge is -2.14. The topological polar surface area (TPSA) is 92.5 Å². The van der Waals surface area contributed by atoms with Gasteiger partial charge in [-0.1, -0.05) is 0 Å². The summed E-state index contributed by atoms with van der Waals surface area (Å²) < 4.78 is 25.9. The third-order valence-corrected chi connectivity index (χ3v) is 5.44. The van der Waals surface area contributed by atoms with Crippen molar-refractivity contribution in [2.75, 3.05) is 37.4 Å². The van der Waals surface area contributed by atoms with Crippen LogP contribution in [-0.2, 0) is 14.8 Å². The monoisotopic (exact) mass is 331 g/mol. The molecule has 3 N–H and O–H groups in total. The van der Waals surface area contributed by atoms with Crippen molar-refractivity contribution in [2.45, 2.75) is 11.8 Å². The Kier molecular flexibility index (Phi) is 7.00. The number of carbonyl (C=O) groups is 1. The highest BCUT2D eigenvalue weighted by atomic mass is 32.2. The van der Waals surface area contributed by atoms with Gasteiger partial charge in [0.2, 0.25) is 15.9 Å². The van der Waals surface area contributed by atoms with E-state index in [1.54, 1.807) is 19.2 Å². The molecule has 1 rings (SSSR count). The summed E-state index contributed by atoms with van der Waals surface area (Å²) in [4.78, 5) is 14.0. The smallest absolute Gasteiger partial charge is 0.237 e. The number of nitrogens with zero attached hydrogens (tertiary/aromatic N) is 1. The molecular formula is C13H21N3O3S2. The van der Waals surface area contributed by atoms with Crippen molar-refractivity contribution in [3.05, 3.63) is 24.3 Å². The second kappa shape index (κ2) is 8.26. The molecule has 0 bridgehead atoms. The molecule has 0 heterocycles. The number of likely N-dealkylation sites (N-methyl/N-ethyl adjacent to an activating group) is 1. The number of anilines is 1. The number of nitrogen functional groups attached to an aromatic ring is 1. The Morgan fingerprint density at radius 2 is 1.95 bits per heavy atom. The summed E-state index contributed by atoms with van der Waals surface area (Å²) in [6.07, 6.45) is 0. The maximum Gasteiger partial charge on any atom is 0.237 e. The number of nitrogens with two attached hydrogens (primary N) is 1. The summed E-state index contributed by atoms with van der Waals surface area (Å²) in [5.74, 6) is 0.134. The standard InChI is InChI=1S/C13H21N3O3S2/c1-3-16(2)13(17)10-15-21(18,19)9-8-20-12-6-4-11(14)5-7-12/h4-7,15H,3,8-10,14H2,1-2H3. The van der Waals surface area contributed by atoms with Crippen molar-refractivity contribution in [3.8, 4) is 0 Å². The molecule has 0 aromatic heterocycles. The zero-order valence-electron chi connectivity index (χ0n) is 12.2. The molecule has 0 radical (unpaired) electrons. The third kappa shape index (κ3) is 6.83. The van der Waals surface area contributed by atoms with Crippen LogP contribution in [0.5, 0.6) is 0 Å². The van der Waals surface area contributed by atoms with Crippen LogP contribution in [0.1, 0.15) is 6.92 Å². The average Bonchev–Trinajstić information content (AvgIpc) is 2.46. The molecule has 0 unspecified atom stereocenters. The lowest BCUT2D eigenvalue weighted by molar-refractivity contribution is -0.128. The van der Waals surface area contributed by atoms with Crippen LogP contribution in [0, 0.1) is 0 Å². The summed E-state index contributed by atoms with van der Waals surface area (Å²) >= 11 is 1.43. The quantitative estimate of drug-likeness (QED) is 0.542. The van der Waals surface area contributed by atoms with Gasteiger partial charge in [-0.2, -0.15) is 0 Å². The van der Waals surface area contributed by atoms with Crippen LogP contribution in [0.4, 0.5) is 5.69 Å². The van der Waals surface area contributed by atoms with Crippen molar-refractivity contribution in [1.29, 1.82) is 0 Å².